The van der Waals surface area contributed by atoms with Gasteiger partial charge in [0, 0.05) is 11.1 Å². The molecule has 0 unspecified atom stereocenters. The van der Waals surface area contributed by atoms with Crippen molar-refractivity contribution in [2.24, 2.45) is 0 Å². The van der Waals surface area contributed by atoms with Gasteiger partial charge in [-0.3, -0.25) is 0 Å². The van der Waals surface area contributed by atoms with Gasteiger partial charge in [-0.25, -0.2) is 14.4 Å². The lowest BCUT2D eigenvalue weighted by atomic mass is 10.1. The number of nitrogens with zero attached hydrogens (tertiary/aromatic N) is 2. The van der Waals surface area contributed by atoms with Crippen LogP contribution in [-0.2, 0) is 0 Å². The standard InChI is InChI=1S/C11H7Cl2FN2/c1-6-9(15-11(13)16-10(6)12)7-4-2-3-5-8(7)14/h2-5H,1H3. The van der Waals surface area contributed by atoms with Crippen molar-refractivity contribution in [3.8, 4) is 11.3 Å². The Kier molecular flexibility index (Phi) is 3.08. The van der Waals surface area contributed by atoms with Gasteiger partial charge in [-0.05, 0) is 30.7 Å². The minimum Gasteiger partial charge on any atom is -0.217 e. The Balaban J connectivity index is 2.69. The predicted octanol–water partition coefficient (Wildman–Crippen LogP) is 3.90. The van der Waals surface area contributed by atoms with E-state index in [1.807, 2.05) is 0 Å². The summed E-state index contributed by atoms with van der Waals surface area (Å²) >= 11 is 11.6. The third-order valence-electron chi connectivity index (χ3n) is 2.19. The van der Waals surface area contributed by atoms with E-state index in [4.69, 9.17) is 23.2 Å². The van der Waals surface area contributed by atoms with Crippen molar-refractivity contribution in [2.45, 2.75) is 6.92 Å². The molecule has 0 fully saturated rings. The van der Waals surface area contributed by atoms with E-state index in [1.54, 1.807) is 25.1 Å². The van der Waals surface area contributed by atoms with Crippen LogP contribution >= 0.6 is 23.2 Å². The SMILES string of the molecule is Cc1c(Cl)nc(Cl)nc1-c1ccccc1F. The molecule has 0 aliphatic rings. The van der Waals surface area contributed by atoms with E-state index in [2.05, 4.69) is 9.97 Å². The van der Waals surface area contributed by atoms with Gasteiger partial charge in [-0.15, -0.1) is 0 Å². The molecular weight excluding hydrogens is 250 g/mol. The molecule has 0 bridgehead atoms. The molecule has 0 aliphatic heterocycles. The van der Waals surface area contributed by atoms with E-state index < -0.39 is 0 Å². The van der Waals surface area contributed by atoms with Gasteiger partial charge in [0.05, 0.1) is 5.69 Å². The molecule has 1 heterocycles. The highest BCUT2D eigenvalue weighted by Gasteiger charge is 2.13. The number of rotatable bonds is 1. The first-order chi connectivity index (χ1) is 7.59. The summed E-state index contributed by atoms with van der Waals surface area (Å²) in [4.78, 5) is 7.78. The van der Waals surface area contributed by atoms with Crippen molar-refractivity contribution < 1.29 is 4.39 Å². The second-order valence-electron chi connectivity index (χ2n) is 3.24. The van der Waals surface area contributed by atoms with Crippen LogP contribution in [0, 0.1) is 12.7 Å². The number of halogens is 3. The average Bonchev–Trinajstić information content (AvgIpc) is 2.24. The van der Waals surface area contributed by atoms with Gasteiger partial charge in [0.25, 0.3) is 0 Å². The molecule has 0 radical (unpaired) electrons. The lowest BCUT2D eigenvalue weighted by Gasteiger charge is -2.07. The van der Waals surface area contributed by atoms with Crippen LogP contribution in [0.1, 0.15) is 5.56 Å². The van der Waals surface area contributed by atoms with Crippen molar-refractivity contribution in [2.75, 3.05) is 0 Å². The Morgan fingerprint density at radius 3 is 2.50 bits per heavy atom. The first kappa shape index (κ1) is 11.3. The van der Waals surface area contributed by atoms with Crippen molar-refractivity contribution in [1.29, 1.82) is 0 Å². The second-order valence-corrected chi connectivity index (χ2v) is 3.93. The summed E-state index contributed by atoms with van der Waals surface area (Å²) < 4.78 is 13.6. The molecule has 1 aromatic carbocycles. The maximum absolute atomic E-state index is 13.6. The summed E-state index contributed by atoms with van der Waals surface area (Å²) in [5.74, 6) is -0.364. The number of hydrogen-bond donors (Lipinski definition) is 0. The van der Waals surface area contributed by atoms with Crippen LogP contribution in [0.4, 0.5) is 4.39 Å². The van der Waals surface area contributed by atoms with Crippen molar-refractivity contribution in [3.63, 3.8) is 0 Å². The highest BCUT2D eigenvalue weighted by molar-refractivity contribution is 6.32. The monoisotopic (exact) mass is 256 g/mol. The maximum Gasteiger partial charge on any atom is 0.224 e. The highest BCUT2D eigenvalue weighted by Crippen LogP contribution is 2.28. The van der Waals surface area contributed by atoms with Crippen LogP contribution in [0.25, 0.3) is 11.3 Å². The average molecular weight is 257 g/mol. The third-order valence-corrected chi connectivity index (χ3v) is 2.73. The minimum absolute atomic E-state index is 0.00820. The molecule has 0 saturated heterocycles. The van der Waals surface area contributed by atoms with Crippen LogP contribution in [-0.4, -0.2) is 9.97 Å². The quantitative estimate of drug-likeness (QED) is 0.572. The Bertz CT molecular complexity index is 544. The molecule has 82 valence electrons. The zero-order chi connectivity index (χ0) is 11.7. The van der Waals surface area contributed by atoms with Gasteiger partial charge in [-0.1, -0.05) is 23.7 Å². The number of hydrogen-bond acceptors (Lipinski definition) is 2. The Morgan fingerprint density at radius 1 is 1.12 bits per heavy atom. The predicted molar refractivity (Wildman–Crippen MR) is 62.2 cm³/mol. The summed E-state index contributed by atoms with van der Waals surface area (Å²) in [6.07, 6.45) is 0. The zero-order valence-electron chi connectivity index (χ0n) is 8.34. The smallest absolute Gasteiger partial charge is 0.217 e. The van der Waals surface area contributed by atoms with Crippen LogP contribution in [0.2, 0.25) is 10.4 Å². The highest BCUT2D eigenvalue weighted by atomic mass is 35.5. The lowest BCUT2D eigenvalue weighted by molar-refractivity contribution is 0.630. The number of benzene rings is 1. The number of aromatic nitrogens is 2. The van der Waals surface area contributed by atoms with Crippen LogP contribution < -0.4 is 0 Å². The molecule has 5 heteroatoms. The molecule has 2 aromatic rings. The van der Waals surface area contributed by atoms with E-state index in [0.717, 1.165) is 0 Å². The van der Waals surface area contributed by atoms with Gasteiger partial charge in [0.2, 0.25) is 5.28 Å². The van der Waals surface area contributed by atoms with Gasteiger partial charge < -0.3 is 0 Å². The molecule has 1 aromatic heterocycles. The Labute approximate surface area is 102 Å². The van der Waals surface area contributed by atoms with Gasteiger partial charge in [0.1, 0.15) is 11.0 Å². The van der Waals surface area contributed by atoms with Crippen molar-refractivity contribution >= 4 is 23.2 Å². The molecule has 16 heavy (non-hydrogen) atoms. The van der Waals surface area contributed by atoms with Crippen molar-refractivity contribution in [1.82, 2.24) is 9.97 Å². The molecule has 0 aliphatic carbocycles. The minimum atomic E-state index is -0.364. The summed E-state index contributed by atoms with van der Waals surface area (Å²) in [5, 5.41) is 0.243. The first-order valence-electron chi connectivity index (χ1n) is 4.54. The summed E-state index contributed by atoms with van der Waals surface area (Å²) in [7, 11) is 0. The largest absolute Gasteiger partial charge is 0.224 e. The molecule has 0 atom stereocenters. The van der Waals surface area contributed by atoms with E-state index in [0.29, 0.717) is 16.8 Å². The molecule has 0 N–H and O–H groups in total. The molecular formula is C11H7Cl2FN2. The molecule has 0 saturated carbocycles. The normalized spacial score (nSPS) is 10.5. The van der Waals surface area contributed by atoms with Crippen molar-refractivity contribution in [3.05, 3.63) is 46.1 Å². The fraction of sp³-hybridized carbons (Fsp3) is 0.0909. The Hall–Kier alpha value is -1.19. The molecule has 2 nitrogen and oxygen atoms in total. The summed E-state index contributed by atoms with van der Waals surface area (Å²) in [6.45, 7) is 1.72. The van der Waals surface area contributed by atoms with E-state index in [-0.39, 0.29) is 16.3 Å². The van der Waals surface area contributed by atoms with Crippen LogP contribution in [0.15, 0.2) is 24.3 Å². The third kappa shape index (κ3) is 2.01. The van der Waals surface area contributed by atoms with E-state index >= 15 is 0 Å². The second kappa shape index (κ2) is 4.36. The van der Waals surface area contributed by atoms with Gasteiger partial charge in [0.15, 0.2) is 0 Å². The maximum atomic E-state index is 13.6. The zero-order valence-corrected chi connectivity index (χ0v) is 9.85. The Morgan fingerprint density at radius 2 is 1.81 bits per heavy atom. The molecule has 2 rings (SSSR count). The summed E-state index contributed by atoms with van der Waals surface area (Å²) in [6, 6.07) is 6.32. The fourth-order valence-electron chi connectivity index (χ4n) is 1.38. The summed E-state index contributed by atoms with van der Waals surface area (Å²) in [5.41, 5.74) is 1.39. The van der Waals surface area contributed by atoms with Crippen LogP contribution in [0.5, 0.6) is 0 Å². The van der Waals surface area contributed by atoms with E-state index in [9.17, 15) is 4.39 Å². The van der Waals surface area contributed by atoms with Crippen LogP contribution in [0.3, 0.4) is 0 Å². The first-order valence-corrected chi connectivity index (χ1v) is 5.29. The van der Waals surface area contributed by atoms with E-state index in [1.165, 1.54) is 6.07 Å². The topological polar surface area (TPSA) is 25.8 Å². The fourth-order valence-corrected chi connectivity index (χ4v) is 1.76. The van der Waals surface area contributed by atoms with Gasteiger partial charge >= 0.3 is 0 Å². The molecule has 0 spiro atoms. The van der Waals surface area contributed by atoms with Gasteiger partial charge in [-0.2, -0.15) is 0 Å². The molecule has 0 amide bonds. The lowest BCUT2D eigenvalue weighted by Crippen LogP contribution is -1.95.